The van der Waals surface area contributed by atoms with Crippen LogP contribution in [0.25, 0.3) is 0 Å². The highest BCUT2D eigenvalue weighted by atomic mass is 16.5. The van der Waals surface area contributed by atoms with E-state index in [1.165, 1.54) is 154 Å². The Labute approximate surface area is 336 Å². The molecule has 320 valence electrons. The molecule has 0 spiro atoms. The highest BCUT2D eigenvalue weighted by molar-refractivity contribution is 5.76. The third-order valence-electron chi connectivity index (χ3n) is 11.1. The first kappa shape index (κ1) is 52.6. The maximum Gasteiger partial charge on any atom is 0.305 e. The van der Waals surface area contributed by atoms with Crippen molar-refractivity contribution >= 4 is 11.9 Å². The van der Waals surface area contributed by atoms with E-state index in [2.05, 4.69) is 31.3 Å². The number of aliphatic hydroxyl groups is 2. The molecule has 0 aromatic heterocycles. The Hall–Kier alpha value is -1.40. The van der Waals surface area contributed by atoms with Crippen molar-refractivity contribution in [2.24, 2.45) is 0 Å². The summed E-state index contributed by atoms with van der Waals surface area (Å²) in [6.07, 6.45) is 48.9. The molecule has 0 heterocycles. The molecule has 0 aliphatic rings. The molecule has 0 aliphatic heterocycles. The predicted molar refractivity (Wildman–Crippen MR) is 232 cm³/mol. The molecule has 0 bridgehead atoms. The van der Waals surface area contributed by atoms with E-state index >= 15 is 0 Å². The van der Waals surface area contributed by atoms with Crippen LogP contribution in [-0.2, 0) is 14.3 Å². The minimum atomic E-state index is -0.693. The fourth-order valence-corrected chi connectivity index (χ4v) is 7.35. The van der Waals surface area contributed by atoms with Gasteiger partial charge in [0, 0.05) is 12.8 Å². The third kappa shape index (κ3) is 40.3. The van der Waals surface area contributed by atoms with Crippen LogP contribution in [0.15, 0.2) is 12.2 Å². The van der Waals surface area contributed by atoms with Crippen LogP contribution in [0.1, 0.15) is 258 Å². The molecule has 0 aromatic carbocycles. The van der Waals surface area contributed by atoms with Gasteiger partial charge in [0.2, 0.25) is 5.91 Å². The van der Waals surface area contributed by atoms with Gasteiger partial charge in [0.1, 0.15) is 0 Å². The van der Waals surface area contributed by atoms with Crippen LogP contribution in [0.2, 0.25) is 0 Å². The number of rotatable bonds is 44. The molecule has 0 saturated carbocycles. The molecular formula is C48H93NO5. The minimum Gasteiger partial charge on any atom is -0.466 e. The lowest BCUT2D eigenvalue weighted by atomic mass is 10.0. The lowest BCUT2D eigenvalue weighted by molar-refractivity contribution is -0.143. The van der Waals surface area contributed by atoms with E-state index in [0.29, 0.717) is 25.9 Å². The standard InChI is InChI=1S/C48H93NO5/c1-3-5-7-9-11-13-15-17-18-20-21-24-28-32-36-40-46(51)45(44-50)49-47(52)41-37-33-29-25-23-27-31-35-39-43-54-48(53)42-38-34-30-26-22-19-16-14-12-10-8-6-4-2/h25,29,45-46,50-51H,3-24,26-28,30-44H2,1-2H3,(H,49,52)/b29-25-. The van der Waals surface area contributed by atoms with Crippen LogP contribution in [0.3, 0.4) is 0 Å². The van der Waals surface area contributed by atoms with E-state index in [9.17, 15) is 19.8 Å². The molecule has 2 unspecified atom stereocenters. The minimum absolute atomic E-state index is 0.0341. The molecular weight excluding hydrogens is 671 g/mol. The number of carbonyl (C=O) groups is 2. The third-order valence-corrected chi connectivity index (χ3v) is 11.1. The Morgan fingerprint density at radius 2 is 0.889 bits per heavy atom. The van der Waals surface area contributed by atoms with Crippen LogP contribution >= 0.6 is 0 Å². The van der Waals surface area contributed by atoms with Crippen molar-refractivity contribution in [1.29, 1.82) is 0 Å². The van der Waals surface area contributed by atoms with E-state index in [0.717, 1.165) is 70.6 Å². The van der Waals surface area contributed by atoms with Crippen molar-refractivity contribution in [3.63, 3.8) is 0 Å². The summed E-state index contributed by atoms with van der Waals surface area (Å²) in [4.78, 5) is 24.4. The van der Waals surface area contributed by atoms with Gasteiger partial charge < -0.3 is 20.3 Å². The molecule has 0 aromatic rings. The van der Waals surface area contributed by atoms with Gasteiger partial charge in [0.05, 0.1) is 25.4 Å². The van der Waals surface area contributed by atoms with Gasteiger partial charge in [-0.15, -0.1) is 0 Å². The summed E-state index contributed by atoms with van der Waals surface area (Å²) >= 11 is 0. The molecule has 6 heteroatoms. The Balaban J connectivity index is 3.54. The number of hydrogen-bond acceptors (Lipinski definition) is 5. The summed E-state index contributed by atoms with van der Waals surface area (Å²) in [6, 6.07) is -0.577. The summed E-state index contributed by atoms with van der Waals surface area (Å²) < 4.78 is 5.43. The zero-order chi connectivity index (χ0) is 39.4. The highest BCUT2D eigenvalue weighted by Gasteiger charge is 2.20. The maximum atomic E-state index is 12.4. The summed E-state index contributed by atoms with van der Waals surface area (Å²) in [7, 11) is 0. The molecule has 2 atom stereocenters. The number of esters is 1. The predicted octanol–water partition coefficient (Wildman–Crippen LogP) is 13.8. The monoisotopic (exact) mass is 764 g/mol. The van der Waals surface area contributed by atoms with Crippen molar-refractivity contribution in [1.82, 2.24) is 5.32 Å². The number of aliphatic hydroxyl groups excluding tert-OH is 2. The quantitative estimate of drug-likeness (QED) is 0.0326. The fraction of sp³-hybridized carbons (Fsp3) is 0.917. The summed E-state index contributed by atoms with van der Waals surface area (Å²) in [5.41, 5.74) is 0. The average molecular weight is 764 g/mol. The molecule has 6 nitrogen and oxygen atoms in total. The summed E-state index contributed by atoms with van der Waals surface area (Å²) in [5, 5.41) is 23.1. The van der Waals surface area contributed by atoms with Gasteiger partial charge in [-0.2, -0.15) is 0 Å². The number of allylic oxidation sites excluding steroid dienone is 2. The first-order valence-electron chi connectivity index (χ1n) is 23.9. The molecule has 0 aliphatic carbocycles. The number of ether oxygens (including phenoxy) is 1. The average Bonchev–Trinajstić information content (AvgIpc) is 3.17. The van der Waals surface area contributed by atoms with Gasteiger partial charge in [-0.25, -0.2) is 0 Å². The van der Waals surface area contributed by atoms with Crippen LogP contribution in [0.5, 0.6) is 0 Å². The smallest absolute Gasteiger partial charge is 0.305 e. The topological polar surface area (TPSA) is 95.9 Å². The number of hydrogen-bond donors (Lipinski definition) is 3. The molecule has 0 rings (SSSR count). The molecule has 1 amide bonds. The lowest BCUT2D eigenvalue weighted by Gasteiger charge is -2.22. The van der Waals surface area contributed by atoms with E-state index in [1.54, 1.807) is 0 Å². The van der Waals surface area contributed by atoms with Crippen molar-refractivity contribution in [3.8, 4) is 0 Å². The summed E-state index contributed by atoms with van der Waals surface area (Å²) in [6.45, 7) is 4.86. The van der Waals surface area contributed by atoms with E-state index < -0.39 is 12.1 Å². The van der Waals surface area contributed by atoms with Gasteiger partial charge in [-0.05, 0) is 44.9 Å². The van der Waals surface area contributed by atoms with Crippen molar-refractivity contribution in [2.45, 2.75) is 270 Å². The lowest BCUT2D eigenvalue weighted by Crippen LogP contribution is -2.45. The first-order chi connectivity index (χ1) is 26.5. The zero-order valence-electron chi connectivity index (χ0n) is 36.2. The Kier molecular flexibility index (Phi) is 43.2. The van der Waals surface area contributed by atoms with Crippen LogP contribution in [0.4, 0.5) is 0 Å². The van der Waals surface area contributed by atoms with Gasteiger partial charge in [-0.1, -0.05) is 212 Å². The van der Waals surface area contributed by atoms with Crippen LogP contribution in [0, 0.1) is 0 Å². The van der Waals surface area contributed by atoms with Gasteiger partial charge in [0.25, 0.3) is 0 Å². The molecule has 54 heavy (non-hydrogen) atoms. The second-order valence-electron chi connectivity index (χ2n) is 16.4. The van der Waals surface area contributed by atoms with Crippen molar-refractivity contribution < 1.29 is 24.5 Å². The number of unbranched alkanes of at least 4 members (excludes halogenated alkanes) is 31. The molecule has 0 radical (unpaired) electrons. The number of amides is 1. The SMILES string of the molecule is CCCCCCCCCCCCCCCCCC(O)C(CO)NC(=O)CCC/C=C\CCCCCCOC(=O)CCCCCCCCCCCCCCC. The second kappa shape index (κ2) is 44.3. The molecule has 3 N–H and O–H groups in total. The Morgan fingerprint density at radius 1 is 0.500 bits per heavy atom. The zero-order valence-corrected chi connectivity index (χ0v) is 36.2. The molecule has 0 saturated heterocycles. The van der Waals surface area contributed by atoms with Crippen LogP contribution < -0.4 is 5.32 Å². The van der Waals surface area contributed by atoms with Gasteiger partial charge >= 0.3 is 5.97 Å². The van der Waals surface area contributed by atoms with Crippen molar-refractivity contribution in [2.75, 3.05) is 13.2 Å². The first-order valence-corrected chi connectivity index (χ1v) is 23.9. The highest BCUT2D eigenvalue weighted by Crippen LogP contribution is 2.16. The van der Waals surface area contributed by atoms with E-state index in [-0.39, 0.29) is 18.5 Å². The fourth-order valence-electron chi connectivity index (χ4n) is 7.35. The maximum absolute atomic E-state index is 12.4. The van der Waals surface area contributed by atoms with Gasteiger partial charge in [-0.3, -0.25) is 9.59 Å². The van der Waals surface area contributed by atoms with Gasteiger partial charge in [0.15, 0.2) is 0 Å². The largest absolute Gasteiger partial charge is 0.466 e. The van der Waals surface area contributed by atoms with E-state index in [4.69, 9.17) is 4.74 Å². The second-order valence-corrected chi connectivity index (χ2v) is 16.4. The number of carbonyl (C=O) groups excluding carboxylic acids is 2. The Morgan fingerprint density at radius 3 is 1.35 bits per heavy atom. The van der Waals surface area contributed by atoms with Crippen molar-refractivity contribution in [3.05, 3.63) is 12.2 Å². The Bertz CT molecular complexity index is 802. The van der Waals surface area contributed by atoms with E-state index in [1.807, 2.05) is 0 Å². The summed E-state index contributed by atoms with van der Waals surface area (Å²) in [5.74, 6) is -0.129. The number of nitrogens with one attached hydrogen (secondary N) is 1. The molecule has 0 fully saturated rings. The van der Waals surface area contributed by atoms with Crippen LogP contribution in [-0.4, -0.2) is 47.4 Å². The normalized spacial score (nSPS) is 12.7.